The average Bonchev–Trinajstić information content (AvgIpc) is 3.03. The Morgan fingerprint density at radius 3 is 2.43 bits per heavy atom. The van der Waals surface area contributed by atoms with Crippen LogP contribution in [0, 0.1) is 13.8 Å². The van der Waals surface area contributed by atoms with Crippen LogP contribution in [0.4, 0.5) is 0 Å². The molecule has 1 saturated heterocycles. The number of likely N-dealkylation sites (tertiary alicyclic amines) is 1. The first-order valence-corrected chi connectivity index (χ1v) is 8.10. The maximum absolute atomic E-state index is 6.74. The van der Waals surface area contributed by atoms with Crippen LogP contribution in [0.2, 0.25) is 0 Å². The third-order valence-corrected chi connectivity index (χ3v) is 5.46. The second-order valence-electron chi connectivity index (χ2n) is 6.51. The van der Waals surface area contributed by atoms with Gasteiger partial charge in [0.15, 0.2) is 0 Å². The maximum atomic E-state index is 6.74. The Morgan fingerprint density at radius 2 is 1.90 bits per heavy atom. The molecule has 3 nitrogen and oxygen atoms in total. The summed E-state index contributed by atoms with van der Waals surface area (Å²) in [6, 6.07) is 4.28. The molecule has 2 unspecified atom stereocenters. The van der Waals surface area contributed by atoms with Gasteiger partial charge in [0.1, 0.15) is 5.75 Å². The van der Waals surface area contributed by atoms with Gasteiger partial charge >= 0.3 is 0 Å². The minimum Gasteiger partial charge on any atom is -0.496 e. The molecular formula is C18H30N2O. The lowest BCUT2D eigenvalue weighted by Gasteiger charge is -2.43. The summed E-state index contributed by atoms with van der Waals surface area (Å²) < 4.78 is 5.68. The molecule has 1 heterocycles. The standard InChI is InChI=1S/C18H30N2O/c1-6-18(4,20-11-7-8-12-20)17(19)15-10-9-13(2)14(3)16(15)21-5/h9-10,17H,6-8,11-12,19H2,1-5H3. The van der Waals surface area contributed by atoms with Gasteiger partial charge in [-0.25, -0.2) is 0 Å². The summed E-state index contributed by atoms with van der Waals surface area (Å²) in [6.45, 7) is 11.1. The van der Waals surface area contributed by atoms with Crippen molar-refractivity contribution >= 4 is 0 Å². The van der Waals surface area contributed by atoms with E-state index >= 15 is 0 Å². The molecule has 2 rings (SSSR count). The largest absolute Gasteiger partial charge is 0.496 e. The molecule has 1 aliphatic heterocycles. The van der Waals surface area contributed by atoms with Crippen LogP contribution in [-0.4, -0.2) is 30.6 Å². The van der Waals surface area contributed by atoms with Crippen LogP contribution >= 0.6 is 0 Å². The van der Waals surface area contributed by atoms with Gasteiger partial charge in [-0.1, -0.05) is 19.1 Å². The van der Waals surface area contributed by atoms with Crippen LogP contribution in [0.5, 0.6) is 5.75 Å². The van der Waals surface area contributed by atoms with E-state index in [1.165, 1.54) is 24.0 Å². The lowest BCUT2D eigenvalue weighted by Crippen LogP contribution is -2.51. The van der Waals surface area contributed by atoms with Crippen LogP contribution in [0.15, 0.2) is 12.1 Å². The van der Waals surface area contributed by atoms with Crippen molar-refractivity contribution in [2.24, 2.45) is 5.73 Å². The molecule has 118 valence electrons. The first-order chi connectivity index (χ1) is 9.95. The zero-order valence-corrected chi connectivity index (χ0v) is 14.2. The quantitative estimate of drug-likeness (QED) is 0.901. The highest BCUT2D eigenvalue weighted by Crippen LogP contribution is 2.40. The van der Waals surface area contributed by atoms with E-state index < -0.39 is 0 Å². The van der Waals surface area contributed by atoms with Crippen molar-refractivity contribution in [3.63, 3.8) is 0 Å². The molecule has 21 heavy (non-hydrogen) atoms. The fourth-order valence-corrected chi connectivity index (χ4v) is 3.53. The monoisotopic (exact) mass is 290 g/mol. The van der Waals surface area contributed by atoms with Gasteiger partial charge in [-0.3, -0.25) is 4.90 Å². The lowest BCUT2D eigenvalue weighted by molar-refractivity contribution is 0.0989. The van der Waals surface area contributed by atoms with E-state index in [1.807, 2.05) is 0 Å². The molecule has 0 bridgehead atoms. The van der Waals surface area contributed by atoms with Gasteiger partial charge in [-0.15, -0.1) is 0 Å². The van der Waals surface area contributed by atoms with Crippen molar-refractivity contribution in [1.29, 1.82) is 0 Å². The Kier molecular flexibility index (Phi) is 4.95. The van der Waals surface area contributed by atoms with Crippen molar-refractivity contribution in [2.75, 3.05) is 20.2 Å². The Hall–Kier alpha value is -1.06. The number of nitrogens with zero attached hydrogens (tertiary/aromatic N) is 1. The molecule has 0 amide bonds. The summed E-state index contributed by atoms with van der Waals surface area (Å²) in [5.41, 5.74) is 10.3. The average molecular weight is 290 g/mol. The fraction of sp³-hybridized carbons (Fsp3) is 0.667. The van der Waals surface area contributed by atoms with Crippen LogP contribution < -0.4 is 10.5 Å². The van der Waals surface area contributed by atoms with Gasteiger partial charge in [-0.05, 0) is 64.3 Å². The van der Waals surface area contributed by atoms with Gasteiger partial charge in [0.25, 0.3) is 0 Å². The summed E-state index contributed by atoms with van der Waals surface area (Å²) in [6.07, 6.45) is 3.61. The van der Waals surface area contributed by atoms with E-state index in [0.717, 1.165) is 30.8 Å². The molecule has 0 aliphatic carbocycles. The van der Waals surface area contributed by atoms with E-state index in [0.29, 0.717) is 0 Å². The Labute approximate surface area is 129 Å². The molecule has 0 saturated carbocycles. The van der Waals surface area contributed by atoms with E-state index in [1.54, 1.807) is 7.11 Å². The fourth-order valence-electron chi connectivity index (χ4n) is 3.53. The highest BCUT2D eigenvalue weighted by molar-refractivity contribution is 5.47. The van der Waals surface area contributed by atoms with Gasteiger partial charge in [0, 0.05) is 11.1 Å². The van der Waals surface area contributed by atoms with Crippen molar-refractivity contribution in [2.45, 2.75) is 58.5 Å². The molecule has 0 radical (unpaired) electrons. The lowest BCUT2D eigenvalue weighted by atomic mass is 9.82. The topological polar surface area (TPSA) is 38.5 Å². The predicted molar refractivity (Wildman–Crippen MR) is 88.9 cm³/mol. The molecule has 1 aromatic carbocycles. The van der Waals surface area contributed by atoms with E-state index in [-0.39, 0.29) is 11.6 Å². The second-order valence-corrected chi connectivity index (χ2v) is 6.51. The highest BCUT2D eigenvalue weighted by Gasteiger charge is 2.39. The minimum atomic E-state index is -0.0325. The highest BCUT2D eigenvalue weighted by atomic mass is 16.5. The maximum Gasteiger partial charge on any atom is 0.126 e. The van der Waals surface area contributed by atoms with Crippen molar-refractivity contribution in [3.8, 4) is 5.75 Å². The molecule has 2 atom stereocenters. The number of methoxy groups -OCH3 is 1. The number of aryl methyl sites for hydroxylation is 1. The van der Waals surface area contributed by atoms with E-state index in [4.69, 9.17) is 10.5 Å². The smallest absolute Gasteiger partial charge is 0.126 e. The third-order valence-electron chi connectivity index (χ3n) is 5.46. The van der Waals surface area contributed by atoms with E-state index in [9.17, 15) is 0 Å². The molecule has 0 aromatic heterocycles. The van der Waals surface area contributed by atoms with Gasteiger partial charge in [-0.2, -0.15) is 0 Å². The minimum absolute atomic E-state index is 0.00845. The summed E-state index contributed by atoms with van der Waals surface area (Å²) in [5, 5.41) is 0. The van der Waals surface area contributed by atoms with Gasteiger partial charge < -0.3 is 10.5 Å². The number of hydrogen-bond acceptors (Lipinski definition) is 3. The molecule has 3 heteroatoms. The zero-order valence-electron chi connectivity index (χ0n) is 14.2. The van der Waals surface area contributed by atoms with Crippen LogP contribution in [0.25, 0.3) is 0 Å². The van der Waals surface area contributed by atoms with Crippen molar-refractivity contribution in [1.82, 2.24) is 4.90 Å². The summed E-state index contributed by atoms with van der Waals surface area (Å²) in [4.78, 5) is 2.56. The normalized spacial score (nSPS) is 20.3. The molecule has 1 aliphatic rings. The van der Waals surface area contributed by atoms with Crippen LogP contribution in [0.1, 0.15) is 55.8 Å². The molecule has 2 N–H and O–H groups in total. The van der Waals surface area contributed by atoms with Gasteiger partial charge in [0.05, 0.1) is 13.2 Å². The number of benzene rings is 1. The zero-order chi connectivity index (χ0) is 15.6. The first kappa shape index (κ1) is 16.3. The number of nitrogens with two attached hydrogens (primary N) is 1. The van der Waals surface area contributed by atoms with Crippen molar-refractivity contribution in [3.05, 3.63) is 28.8 Å². The van der Waals surface area contributed by atoms with Crippen LogP contribution in [-0.2, 0) is 0 Å². The molecular weight excluding hydrogens is 260 g/mol. The van der Waals surface area contributed by atoms with Crippen molar-refractivity contribution < 1.29 is 4.74 Å². The molecule has 1 fully saturated rings. The molecule has 1 aromatic rings. The number of ether oxygens (including phenoxy) is 1. The number of rotatable bonds is 5. The van der Waals surface area contributed by atoms with Gasteiger partial charge in [0.2, 0.25) is 0 Å². The second kappa shape index (κ2) is 6.37. The Bertz CT molecular complexity index is 494. The van der Waals surface area contributed by atoms with Crippen LogP contribution in [0.3, 0.4) is 0 Å². The van der Waals surface area contributed by atoms with E-state index in [2.05, 4.69) is 44.7 Å². The SMILES string of the molecule is CCC(C)(C(N)c1ccc(C)c(C)c1OC)N1CCCC1. The Balaban J connectivity index is 2.42. The summed E-state index contributed by atoms with van der Waals surface area (Å²) >= 11 is 0. The summed E-state index contributed by atoms with van der Waals surface area (Å²) in [5.74, 6) is 0.960. The third kappa shape index (κ3) is 2.82. The summed E-state index contributed by atoms with van der Waals surface area (Å²) in [7, 11) is 1.75. The first-order valence-electron chi connectivity index (χ1n) is 8.10. The Morgan fingerprint density at radius 1 is 1.29 bits per heavy atom. The molecule has 0 spiro atoms. The number of hydrogen-bond donors (Lipinski definition) is 1. The predicted octanol–water partition coefficient (Wildman–Crippen LogP) is 3.58.